The summed E-state index contributed by atoms with van der Waals surface area (Å²) in [5, 5.41) is 0. The SMILES string of the molecule is FC(F)C(F)(F)COC(OCC(F)(F)C(F)F)(OCC(F)(F)C(F)F)OCC(F)(F)C(F)F. The minimum Gasteiger partial charge on any atom is -0.297 e. The second-order valence-electron chi connectivity index (χ2n) is 5.90. The van der Waals surface area contributed by atoms with E-state index in [9.17, 15) is 70.2 Å². The predicted molar refractivity (Wildman–Crippen MR) is 70.3 cm³/mol. The van der Waals surface area contributed by atoms with Crippen LogP contribution in [0.15, 0.2) is 0 Å². The average molecular weight is 536 g/mol. The quantitative estimate of drug-likeness (QED) is 0.199. The molecule has 0 saturated carbocycles. The molecule has 0 aromatic rings. The molecule has 0 atom stereocenters. The molecule has 0 unspecified atom stereocenters. The van der Waals surface area contributed by atoms with E-state index in [1.807, 2.05) is 0 Å². The van der Waals surface area contributed by atoms with Crippen molar-refractivity contribution in [1.29, 1.82) is 0 Å². The van der Waals surface area contributed by atoms with E-state index in [0.29, 0.717) is 0 Å². The zero-order valence-corrected chi connectivity index (χ0v) is 15.3. The minimum atomic E-state index is -5.39. The maximum Gasteiger partial charge on any atom is 0.413 e. The van der Waals surface area contributed by atoms with Crippen LogP contribution in [0, 0.1) is 0 Å². The molecular weight excluding hydrogens is 524 g/mol. The molecule has 0 saturated heterocycles. The van der Waals surface area contributed by atoms with Gasteiger partial charge in [-0.3, -0.25) is 18.9 Å². The van der Waals surface area contributed by atoms with E-state index in [2.05, 4.69) is 18.9 Å². The summed E-state index contributed by atoms with van der Waals surface area (Å²) in [7, 11) is 0. The fraction of sp³-hybridized carbons (Fsp3) is 1.00. The van der Waals surface area contributed by atoms with Gasteiger partial charge in [0.25, 0.3) is 0 Å². The van der Waals surface area contributed by atoms with Gasteiger partial charge >= 0.3 is 55.6 Å². The third-order valence-corrected chi connectivity index (χ3v) is 3.04. The molecule has 0 aliphatic heterocycles. The van der Waals surface area contributed by atoms with Crippen LogP contribution in [-0.2, 0) is 18.9 Å². The molecule has 0 aliphatic carbocycles. The maximum atomic E-state index is 13.0. The van der Waals surface area contributed by atoms with Gasteiger partial charge in [-0.1, -0.05) is 0 Å². The number of alkyl halides is 16. The Labute approximate surface area is 172 Å². The standard InChI is InChI=1S/C13H12F16O4/c14-5(15)9(22,23)1-30-13(31-2-10(24,25)6(16)17,32-3-11(26,27)7(18)19)33-4-12(28,29)8(20)21/h5-8H,1-4H2. The third-order valence-electron chi connectivity index (χ3n) is 3.04. The predicted octanol–water partition coefficient (Wildman–Crippen LogP) is 5.27. The molecule has 0 fully saturated rings. The van der Waals surface area contributed by atoms with Gasteiger partial charge in [0.05, 0.1) is 0 Å². The minimum absolute atomic E-state index is 2.90. The summed E-state index contributed by atoms with van der Waals surface area (Å²) in [6.45, 7) is -11.6. The zero-order valence-electron chi connectivity index (χ0n) is 15.3. The highest BCUT2D eigenvalue weighted by Crippen LogP contribution is 2.34. The normalized spacial score (nSPS) is 14.9. The van der Waals surface area contributed by atoms with Crippen molar-refractivity contribution in [1.82, 2.24) is 0 Å². The summed E-state index contributed by atoms with van der Waals surface area (Å²) in [6.07, 6.45) is -23.6. The molecule has 33 heavy (non-hydrogen) atoms. The molecule has 0 bridgehead atoms. The second-order valence-corrected chi connectivity index (χ2v) is 5.90. The molecule has 0 aromatic heterocycles. The van der Waals surface area contributed by atoms with Gasteiger partial charge in [0, 0.05) is 0 Å². The van der Waals surface area contributed by atoms with Crippen LogP contribution in [0.3, 0.4) is 0 Å². The van der Waals surface area contributed by atoms with Crippen molar-refractivity contribution in [2.24, 2.45) is 0 Å². The lowest BCUT2D eigenvalue weighted by Gasteiger charge is -2.35. The van der Waals surface area contributed by atoms with Crippen LogP contribution in [0.25, 0.3) is 0 Å². The number of ether oxygens (including phenoxy) is 4. The smallest absolute Gasteiger partial charge is 0.297 e. The number of hydrogen-bond acceptors (Lipinski definition) is 4. The van der Waals surface area contributed by atoms with Crippen molar-refractivity contribution >= 4 is 0 Å². The zero-order chi connectivity index (χ0) is 26.5. The number of halogens is 16. The van der Waals surface area contributed by atoms with E-state index >= 15 is 0 Å². The van der Waals surface area contributed by atoms with Gasteiger partial charge in [0.1, 0.15) is 26.4 Å². The number of rotatable bonds is 16. The summed E-state index contributed by atoms with van der Waals surface area (Å²) >= 11 is 0. The van der Waals surface area contributed by atoms with E-state index in [1.54, 1.807) is 0 Å². The number of hydrogen-bond donors (Lipinski definition) is 0. The highest BCUT2D eigenvalue weighted by atomic mass is 19.3. The second kappa shape index (κ2) is 11.4. The summed E-state index contributed by atoms with van der Waals surface area (Å²) in [5.41, 5.74) is 0. The van der Waals surface area contributed by atoms with Gasteiger partial charge in [-0.05, 0) is 0 Å². The Hall–Kier alpha value is -1.28. The largest absolute Gasteiger partial charge is 0.413 e. The molecular formula is C13H12F16O4. The highest BCUT2D eigenvalue weighted by Gasteiger charge is 2.54. The van der Waals surface area contributed by atoms with Gasteiger partial charge in [-0.2, -0.15) is 35.1 Å². The maximum absolute atomic E-state index is 13.0. The Morgan fingerprint density at radius 1 is 0.364 bits per heavy atom. The van der Waals surface area contributed by atoms with E-state index in [4.69, 9.17) is 0 Å². The third kappa shape index (κ3) is 9.85. The van der Waals surface area contributed by atoms with Crippen molar-refractivity contribution in [2.75, 3.05) is 26.4 Å². The van der Waals surface area contributed by atoms with Gasteiger partial charge < -0.3 is 0 Å². The molecule has 4 nitrogen and oxygen atoms in total. The fourth-order valence-electron chi connectivity index (χ4n) is 1.24. The van der Waals surface area contributed by atoms with Crippen LogP contribution in [0.1, 0.15) is 0 Å². The van der Waals surface area contributed by atoms with Crippen LogP contribution < -0.4 is 0 Å². The Balaban J connectivity index is 6.11. The van der Waals surface area contributed by atoms with Crippen molar-refractivity contribution in [3.63, 3.8) is 0 Å². The molecule has 0 aliphatic rings. The molecule has 0 N–H and O–H groups in total. The van der Waals surface area contributed by atoms with Crippen molar-refractivity contribution in [2.45, 2.75) is 55.6 Å². The Morgan fingerprint density at radius 2 is 0.515 bits per heavy atom. The van der Waals surface area contributed by atoms with Gasteiger partial charge in [-0.25, -0.2) is 35.1 Å². The van der Waals surface area contributed by atoms with Crippen molar-refractivity contribution < 1.29 is 89.2 Å². The molecule has 0 aromatic carbocycles. The van der Waals surface area contributed by atoms with Crippen LogP contribution in [0.5, 0.6) is 0 Å². The Bertz CT molecular complexity index is 483. The van der Waals surface area contributed by atoms with Crippen LogP contribution in [0.4, 0.5) is 70.2 Å². The van der Waals surface area contributed by atoms with Crippen LogP contribution >= 0.6 is 0 Å². The molecule has 0 rings (SSSR count). The molecule has 0 spiro atoms. The fourth-order valence-corrected chi connectivity index (χ4v) is 1.24. The molecule has 0 amide bonds. The van der Waals surface area contributed by atoms with Crippen molar-refractivity contribution in [3.05, 3.63) is 0 Å². The first-order chi connectivity index (χ1) is 14.6. The van der Waals surface area contributed by atoms with E-state index in [-0.39, 0.29) is 0 Å². The summed E-state index contributed by atoms with van der Waals surface area (Å²) in [4.78, 5) is 0. The first-order valence-electron chi connectivity index (χ1n) is 7.80. The monoisotopic (exact) mass is 536 g/mol. The Morgan fingerprint density at radius 3 is 0.636 bits per heavy atom. The molecule has 200 valence electrons. The van der Waals surface area contributed by atoms with Crippen molar-refractivity contribution in [3.8, 4) is 0 Å². The molecule has 0 heterocycles. The first kappa shape index (κ1) is 31.7. The Kier molecular flexibility index (Phi) is 11.0. The van der Waals surface area contributed by atoms with E-state index in [1.165, 1.54) is 0 Å². The lowest BCUT2D eigenvalue weighted by atomic mass is 10.3. The summed E-state index contributed by atoms with van der Waals surface area (Å²) in [5.74, 6) is -21.5. The highest BCUT2D eigenvalue weighted by molar-refractivity contribution is 4.74. The lowest BCUT2D eigenvalue weighted by Crippen LogP contribution is -2.53. The molecule has 20 heteroatoms. The lowest BCUT2D eigenvalue weighted by molar-refractivity contribution is -0.523. The van der Waals surface area contributed by atoms with Crippen LogP contribution in [-0.4, -0.2) is 82.0 Å². The summed E-state index contributed by atoms with van der Waals surface area (Å²) in [6, 6.07) is 0. The topological polar surface area (TPSA) is 36.9 Å². The van der Waals surface area contributed by atoms with Gasteiger partial charge in [0.2, 0.25) is 0 Å². The van der Waals surface area contributed by atoms with Gasteiger partial charge in [0.15, 0.2) is 0 Å². The molecule has 0 radical (unpaired) electrons. The summed E-state index contributed by atoms with van der Waals surface area (Å²) < 4.78 is 216. The van der Waals surface area contributed by atoms with E-state index in [0.717, 1.165) is 0 Å². The van der Waals surface area contributed by atoms with Gasteiger partial charge in [-0.15, -0.1) is 0 Å². The average Bonchev–Trinajstić information content (AvgIpc) is 2.66. The first-order valence-corrected chi connectivity index (χ1v) is 7.80. The van der Waals surface area contributed by atoms with E-state index < -0.39 is 82.0 Å². The van der Waals surface area contributed by atoms with Crippen LogP contribution in [0.2, 0.25) is 0 Å².